The molecule has 0 N–H and O–H groups in total. The Balaban J connectivity index is 2.08. The van der Waals surface area contributed by atoms with E-state index < -0.39 is 0 Å². The monoisotopic (exact) mass is 234 g/mol. The second-order valence-electron chi connectivity index (χ2n) is 5.11. The molecule has 1 aromatic heterocycles. The standard InChI is InChI=1S/C13H18N2S/c1-10-3-5-13(9-14,6-4-10)7-12-8-16-11(2)15-12/h8,10H,3-7H2,1-2H3. The molecule has 1 heterocycles. The molecule has 1 saturated carbocycles. The summed E-state index contributed by atoms with van der Waals surface area (Å²) in [5.41, 5.74) is 0.978. The topological polar surface area (TPSA) is 36.7 Å². The van der Waals surface area contributed by atoms with Crippen molar-refractivity contribution in [1.29, 1.82) is 5.26 Å². The molecule has 2 nitrogen and oxygen atoms in total. The zero-order chi connectivity index (χ0) is 11.6. The Morgan fingerprint density at radius 2 is 2.25 bits per heavy atom. The maximum Gasteiger partial charge on any atom is 0.0897 e. The summed E-state index contributed by atoms with van der Waals surface area (Å²) in [6.07, 6.45) is 5.32. The minimum absolute atomic E-state index is 0.132. The van der Waals surface area contributed by atoms with Crippen molar-refractivity contribution in [2.24, 2.45) is 11.3 Å². The lowest BCUT2D eigenvalue weighted by Crippen LogP contribution is -2.27. The summed E-state index contributed by atoms with van der Waals surface area (Å²) >= 11 is 1.68. The van der Waals surface area contributed by atoms with Gasteiger partial charge in [-0.3, -0.25) is 0 Å². The average molecular weight is 234 g/mol. The van der Waals surface area contributed by atoms with Crippen LogP contribution in [0.4, 0.5) is 0 Å². The van der Waals surface area contributed by atoms with Crippen LogP contribution in [0.15, 0.2) is 5.38 Å². The fraction of sp³-hybridized carbons (Fsp3) is 0.692. The van der Waals surface area contributed by atoms with Gasteiger partial charge in [-0.15, -0.1) is 11.3 Å². The van der Waals surface area contributed by atoms with Crippen LogP contribution in [0.5, 0.6) is 0 Å². The second-order valence-corrected chi connectivity index (χ2v) is 6.17. The molecule has 0 radical (unpaired) electrons. The van der Waals surface area contributed by atoms with Gasteiger partial charge in [-0.05, 0) is 38.5 Å². The summed E-state index contributed by atoms with van der Waals surface area (Å²) in [4.78, 5) is 4.48. The van der Waals surface area contributed by atoms with Gasteiger partial charge >= 0.3 is 0 Å². The highest BCUT2D eigenvalue weighted by Crippen LogP contribution is 2.40. The lowest BCUT2D eigenvalue weighted by Gasteiger charge is -2.33. The van der Waals surface area contributed by atoms with E-state index in [1.54, 1.807) is 11.3 Å². The number of hydrogen-bond donors (Lipinski definition) is 0. The molecule has 86 valence electrons. The van der Waals surface area contributed by atoms with Crippen molar-refractivity contribution in [3.8, 4) is 6.07 Å². The molecule has 1 aliphatic rings. The number of rotatable bonds is 2. The zero-order valence-electron chi connectivity index (χ0n) is 9.99. The summed E-state index contributed by atoms with van der Waals surface area (Å²) < 4.78 is 0. The number of hydrogen-bond acceptors (Lipinski definition) is 3. The molecule has 0 amide bonds. The maximum atomic E-state index is 9.42. The van der Waals surface area contributed by atoms with Gasteiger partial charge in [-0.25, -0.2) is 4.98 Å². The van der Waals surface area contributed by atoms with Crippen molar-refractivity contribution in [3.05, 3.63) is 16.1 Å². The van der Waals surface area contributed by atoms with E-state index in [4.69, 9.17) is 0 Å². The van der Waals surface area contributed by atoms with E-state index in [0.717, 1.165) is 35.9 Å². The fourth-order valence-electron chi connectivity index (χ4n) is 2.48. The summed E-state index contributed by atoms with van der Waals surface area (Å²) in [7, 11) is 0. The number of nitriles is 1. The first-order chi connectivity index (χ1) is 7.63. The third kappa shape index (κ3) is 2.44. The van der Waals surface area contributed by atoms with Crippen LogP contribution in [-0.2, 0) is 6.42 Å². The Morgan fingerprint density at radius 1 is 1.56 bits per heavy atom. The lowest BCUT2D eigenvalue weighted by atomic mass is 9.69. The first kappa shape index (κ1) is 11.6. The largest absolute Gasteiger partial charge is 0.247 e. The van der Waals surface area contributed by atoms with Crippen LogP contribution in [0, 0.1) is 29.6 Å². The Bertz CT molecular complexity index is 394. The Hall–Kier alpha value is -0.880. The van der Waals surface area contributed by atoms with Crippen LogP contribution in [-0.4, -0.2) is 4.98 Å². The minimum Gasteiger partial charge on any atom is -0.247 e. The molecule has 1 aliphatic carbocycles. The van der Waals surface area contributed by atoms with E-state index in [1.165, 1.54) is 12.8 Å². The van der Waals surface area contributed by atoms with E-state index >= 15 is 0 Å². The molecule has 0 aromatic carbocycles. The summed E-state index contributed by atoms with van der Waals surface area (Å²) in [5.74, 6) is 0.790. The molecular formula is C13H18N2S. The third-order valence-corrected chi connectivity index (χ3v) is 4.48. The van der Waals surface area contributed by atoms with Crippen molar-refractivity contribution in [1.82, 2.24) is 4.98 Å². The van der Waals surface area contributed by atoms with Crippen LogP contribution < -0.4 is 0 Å². The van der Waals surface area contributed by atoms with Crippen LogP contribution in [0.2, 0.25) is 0 Å². The van der Waals surface area contributed by atoms with Gasteiger partial charge in [-0.2, -0.15) is 5.26 Å². The molecular weight excluding hydrogens is 216 g/mol. The molecule has 0 aliphatic heterocycles. The molecule has 0 atom stereocenters. The van der Waals surface area contributed by atoms with Crippen LogP contribution in [0.25, 0.3) is 0 Å². The van der Waals surface area contributed by atoms with E-state index in [0.29, 0.717) is 0 Å². The van der Waals surface area contributed by atoms with Crippen LogP contribution in [0.1, 0.15) is 43.3 Å². The molecule has 0 unspecified atom stereocenters. The molecule has 0 saturated heterocycles. The van der Waals surface area contributed by atoms with Gasteiger partial charge in [0, 0.05) is 11.8 Å². The number of nitrogens with zero attached hydrogens (tertiary/aromatic N) is 2. The number of aryl methyl sites for hydroxylation is 1. The van der Waals surface area contributed by atoms with Crippen molar-refractivity contribution < 1.29 is 0 Å². The van der Waals surface area contributed by atoms with Crippen LogP contribution >= 0.6 is 11.3 Å². The fourth-order valence-corrected chi connectivity index (χ4v) is 3.09. The van der Waals surface area contributed by atoms with Crippen molar-refractivity contribution >= 4 is 11.3 Å². The SMILES string of the molecule is Cc1nc(CC2(C#N)CCC(C)CC2)cs1. The van der Waals surface area contributed by atoms with E-state index in [2.05, 4.69) is 23.4 Å². The molecule has 2 rings (SSSR count). The number of aromatic nitrogens is 1. The summed E-state index contributed by atoms with van der Waals surface area (Å²) in [5, 5.41) is 12.6. The first-order valence-electron chi connectivity index (χ1n) is 5.96. The predicted molar refractivity (Wildman–Crippen MR) is 66.2 cm³/mol. The molecule has 1 fully saturated rings. The molecule has 1 aromatic rings. The van der Waals surface area contributed by atoms with Gasteiger partial charge in [0.25, 0.3) is 0 Å². The van der Waals surface area contributed by atoms with Gasteiger partial charge in [0.2, 0.25) is 0 Å². The van der Waals surface area contributed by atoms with Crippen molar-refractivity contribution in [2.75, 3.05) is 0 Å². The first-order valence-corrected chi connectivity index (χ1v) is 6.84. The van der Waals surface area contributed by atoms with Gasteiger partial charge in [0.15, 0.2) is 0 Å². The summed E-state index contributed by atoms with van der Waals surface area (Å²) in [6, 6.07) is 2.56. The van der Waals surface area contributed by atoms with E-state index in [1.807, 2.05) is 6.92 Å². The highest BCUT2D eigenvalue weighted by atomic mass is 32.1. The number of thiazole rings is 1. The molecule has 0 spiro atoms. The van der Waals surface area contributed by atoms with Gasteiger partial charge in [-0.1, -0.05) is 6.92 Å². The quantitative estimate of drug-likeness (QED) is 0.782. The normalized spacial score (nSPS) is 29.9. The van der Waals surface area contributed by atoms with Crippen molar-refractivity contribution in [2.45, 2.75) is 46.0 Å². The molecule has 16 heavy (non-hydrogen) atoms. The molecule has 0 bridgehead atoms. The van der Waals surface area contributed by atoms with E-state index in [9.17, 15) is 5.26 Å². The smallest absolute Gasteiger partial charge is 0.0897 e. The maximum absolute atomic E-state index is 9.42. The van der Waals surface area contributed by atoms with Gasteiger partial charge in [0.1, 0.15) is 0 Å². The van der Waals surface area contributed by atoms with Crippen molar-refractivity contribution in [3.63, 3.8) is 0 Å². The lowest BCUT2D eigenvalue weighted by molar-refractivity contribution is 0.217. The average Bonchev–Trinajstić information content (AvgIpc) is 2.68. The third-order valence-electron chi connectivity index (χ3n) is 3.65. The van der Waals surface area contributed by atoms with Gasteiger partial charge < -0.3 is 0 Å². The minimum atomic E-state index is -0.132. The predicted octanol–water partition coefficient (Wildman–Crippen LogP) is 3.71. The van der Waals surface area contributed by atoms with E-state index in [-0.39, 0.29) is 5.41 Å². The Morgan fingerprint density at radius 3 is 2.75 bits per heavy atom. The summed E-state index contributed by atoms with van der Waals surface area (Å²) in [6.45, 7) is 4.31. The highest BCUT2D eigenvalue weighted by Gasteiger charge is 2.35. The molecule has 3 heteroatoms. The van der Waals surface area contributed by atoms with Crippen LogP contribution in [0.3, 0.4) is 0 Å². The highest BCUT2D eigenvalue weighted by molar-refractivity contribution is 7.09. The Kier molecular flexibility index (Phi) is 3.30. The van der Waals surface area contributed by atoms with Gasteiger partial charge in [0.05, 0.1) is 22.2 Å². The zero-order valence-corrected chi connectivity index (χ0v) is 10.8. The second kappa shape index (κ2) is 4.55. The Labute approximate surface area is 101 Å².